The summed E-state index contributed by atoms with van der Waals surface area (Å²) in [6.45, 7) is 0.149. The number of hydrogen-bond acceptors (Lipinski definition) is 4. The lowest BCUT2D eigenvalue weighted by Gasteiger charge is -2.25. The van der Waals surface area contributed by atoms with Crippen LogP contribution in [0.2, 0.25) is 0 Å². The fourth-order valence-corrected chi connectivity index (χ4v) is 2.92. The second-order valence-electron chi connectivity index (χ2n) is 6.02. The fourth-order valence-electron chi connectivity index (χ4n) is 2.92. The van der Waals surface area contributed by atoms with Gasteiger partial charge in [0, 0.05) is 11.8 Å². The summed E-state index contributed by atoms with van der Waals surface area (Å²) in [5.74, 6) is 1.36. The average molecular weight is 365 g/mol. The summed E-state index contributed by atoms with van der Waals surface area (Å²) in [5, 5.41) is 2.59. The van der Waals surface area contributed by atoms with Gasteiger partial charge in [0.1, 0.15) is 5.75 Å². The van der Waals surface area contributed by atoms with Crippen molar-refractivity contribution in [3.8, 4) is 17.2 Å². The number of fused-ring (bicyclic) bond motifs is 2. The van der Waals surface area contributed by atoms with Crippen molar-refractivity contribution in [1.29, 1.82) is 0 Å². The molecule has 0 spiro atoms. The van der Waals surface area contributed by atoms with Gasteiger partial charge in [-0.05, 0) is 48.7 Å². The number of alkyl halides is 3. The molecule has 5 nitrogen and oxygen atoms in total. The maximum Gasteiger partial charge on any atom is 0.416 e. The first kappa shape index (κ1) is 16.6. The first-order valence-electron chi connectivity index (χ1n) is 7.97. The minimum atomic E-state index is -4.41. The highest BCUT2D eigenvalue weighted by molar-refractivity contribution is 5.94. The predicted molar refractivity (Wildman–Crippen MR) is 85.4 cm³/mol. The minimum Gasteiger partial charge on any atom is -0.480 e. The number of anilines is 1. The van der Waals surface area contributed by atoms with Gasteiger partial charge in [-0.25, -0.2) is 0 Å². The number of carbonyl (C=O) groups is 1. The number of aryl methyl sites for hydroxylation is 1. The maximum absolute atomic E-state index is 12.6. The molecule has 1 atom stereocenters. The number of halogens is 3. The molecule has 0 fully saturated rings. The van der Waals surface area contributed by atoms with E-state index in [2.05, 4.69) is 5.32 Å². The second kappa shape index (κ2) is 6.12. The van der Waals surface area contributed by atoms with Crippen LogP contribution < -0.4 is 19.5 Å². The molecule has 0 aromatic heterocycles. The van der Waals surface area contributed by atoms with Gasteiger partial charge in [-0.3, -0.25) is 4.79 Å². The van der Waals surface area contributed by atoms with Gasteiger partial charge in [0.25, 0.3) is 5.91 Å². The van der Waals surface area contributed by atoms with Crippen LogP contribution in [0.1, 0.15) is 17.5 Å². The van der Waals surface area contributed by atoms with Crippen LogP contribution in [-0.4, -0.2) is 18.8 Å². The minimum absolute atomic E-state index is 0.149. The molecule has 2 aliphatic heterocycles. The van der Waals surface area contributed by atoms with Crippen molar-refractivity contribution in [3.63, 3.8) is 0 Å². The Morgan fingerprint density at radius 3 is 2.42 bits per heavy atom. The molecule has 1 N–H and O–H groups in total. The Hall–Kier alpha value is -2.90. The van der Waals surface area contributed by atoms with E-state index in [0.717, 1.165) is 17.7 Å². The third kappa shape index (κ3) is 3.14. The van der Waals surface area contributed by atoms with E-state index >= 15 is 0 Å². The smallest absolute Gasteiger partial charge is 0.416 e. The third-order valence-corrected chi connectivity index (χ3v) is 4.27. The average Bonchev–Trinajstić information content (AvgIpc) is 3.06. The lowest BCUT2D eigenvalue weighted by atomic mass is 10.0. The zero-order valence-corrected chi connectivity index (χ0v) is 13.4. The van der Waals surface area contributed by atoms with Gasteiger partial charge in [0.15, 0.2) is 17.6 Å². The molecular weight excluding hydrogens is 351 g/mol. The van der Waals surface area contributed by atoms with E-state index in [9.17, 15) is 18.0 Å². The van der Waals surface area contributed by atoms with E-state index in [1.165, 1.54) is 12.1 Å². The van der Waals surface area contributed by atoms with Crippen LogP contribution in [0.25, 0.3) is 0 Å². The standard InChI is InChI=1S/C18H14F3NO4/c19-18(20,21)11-2-4-12(5-3-11)22-17(23)13-6-1-10-7-15-16(25-9-24-15)8-14(10)26-13/h2-5,7-8,13H,1,6,9H2,(H,22,23). The highest BCUT2D eigenvalue weighted by atomic mass is 19.4. The molecule has 26 heavy (non-hydrogen) atoms. The number of amides is 1. The van der Waals surface area contributed by atoms with Gasteiger partial charge in [-0.1, -0.05) is 0 Å². The molecule has 136 valence electrons. The molecule has 2 heterocycles. The van der Waals surface area contributed by atoms with E-state index in [1.54, 1.807) is 6.07 Å². The maximum atomic E-state index is 12.6. The normalized spacial score (nSPS) is 18.0. The lowest BCUT2D eigenvalue weighted by Crippen LogP contribution is -2.35. The first-order chi connectivity index (χ1) is 12.4. The zero-order chi connectivity index (χ0) is 18.3. The van der Waals surface area contributed by atoms with Crippen molar-refractivity contribution >= 4 is 11.6 Å². The van der Waals surface area contributed by atoms with E-state index in [0.29, 0.717) is 30.1 Å². The van der Waals surface area contributed by atoms with Gasteiger partial charge in [-0.2, -0.15) is 13.2 Å². The Morgan fingerprint density at radius 2 is 1.73 bits per heavy atom. The summed E-state index contributed by atoms with van der Waals surface area (Å²) in [4.78, 5) is 12.4. The van der Waals surface area contributed by atoms with Crippen LogP contribution in [0.4, 0.5) is 18.9 Å². The molecule has 2 aromatic carbocycles. The molecule has 2 aromatic rings. The number of ether oxygens (including phenoxy) is 3. The third-order valence-electron chi connectivity index (χ3n) is 4.27. The number of hydrogen-bond donors (Lipinski definition) is 1. The summed E-state index contributed by atoms with van der Waals surface area (Å²) in [5.41, 5.74) is 0.435. The fraction of sp³-hybridized carbons (Fsp3) is 0.278. The quantitative estimate of drug-likeness (QED) is 0.880. The Bertz CT molecular complexity index is 849. The van der Waals surface area contributed by atoms with Crippen molar-refractivity contribution in [1.82, 2.24) is 0 Å². The Morgan fingerprint density at radius 1 is 1.04 bits per heavy atom. The van der Waals surface area contributed by atoms with E-state index in [4.69, 9.17) is 14.2 Å². The molecule has 1 unspecified atom stereocenters. The van der Waals surface area contributed by atoms with Crippen molar-refractivity contribution in [3.05, 3.63) is 47.5 Å². The number of nitrogens with one attached hydrogen (secondary N) is 1. The van der Waals surface area contributed by atoms with Crippen molar-refractivity contribution < 1.29 is 32.2 Å². The number of rotatable bonds is 2. The van der Waals surface area contributed by atoms with Crippen LogP contribution in [0.3, 0.4) is 0 Å². The van der Waals surface area contributed by atoms with Gasteiger partial charge < -0.3 is 19.5 Å². The highest BCUT2D eigenvalue weighted by Gasteiger charge is 2.31. The lowest BCUT2D eigenvalue weighted by molar-refractivity contribution is -0.137. The van der Waals surface area contributed by atoms with Crippen molar-refractivity contribution in [2.75, 3.05) is 12.1 Å². The van der Waals surface area contributed by atoms with E-state index in [-0.39, 0.29) is 12.5 Å². The Labute approximate surface area is 146 Å². The second-order valence-corrected chi connectivity index (χ2v) is 6.02. The Balaban J connectivity index is 1.44. The molecular formula is C18H14F3NO4. The largest absolute Gasteiger partial charge is 0.480 e. The Kier molecular flexibility index (Phi) is 3.90. The van der Waals surface area contributed by atoms with Crippen LogP contribution in [0.5, 0.6) is 17.2 Å². The molecule has 1 amide bonds. The molecule has 2 aliphatic rings. The summed E-state index contributed by atoms with van der Waals surface area (Å²) < 4.78 is 54.1. The highest BCUT2D eigenvalue weighted by Crippen LogP contribution is 2.41. The topological polar surface area (TPSA) is 56.8 Å². The molecule has 0 aliphatic carbocycles. The van der Waals surface area contributed by atoms with Gasteiger partial charge in [0.2, 0.25) is 6.79 Å². The van der Waals surface area contributed by atoms with Crippen LogP contribution in [0, 0.1) is 0 Å². The van der Waals surface area contributed by atoms with E-state index in [1.807, 2.05) is 6.07 Å². The van der Waals surface area contributed by atoms with Crippen LogP contribution in [0.15, 0.2) is 36.4 Å². The van der Waals surface area contributed by atoms with Crippen LogP contribution in [-0.2, 0) is 17.4 Å². The summed E-state index contributed by atoms with van der Waals surface area (Å²) in [6, 6.07) is 7.81. The molecule has 0 saturated heterocycles. The number of carbonyl (C=O) groups excluding carboxylic acids is 1. The van der Waals surface area contributed by atoms with Crippen molar-refractivity contribution in [2.24, 2.45) is 0 Å². The number of benzene rings is 2. The SMILES string of the molecule is O=C(Nc1ccc(C(F)(F)F)cc1)C1CCc2cc3c(cc2O1)OCO3. The molecule has 0 saturated carbocycles. The summed E-state index contributed by atoms with van der Waals surface area (Å²) >= 11 is 0. The van der Waals surface area contributed by atoms with Crippen LogP contribution >= 0.6 is 0 Å². The predicted octanol–water partition coefficient (Wildman–Crippen LogP) is 3.77. The first-order valence-corrected chi connectivity index (χ1v) is 7.97. The molecule has 4 rings (SSSR count). The molecule has 8 heteroatoms. The van der Waals surface area contributed by atoms with Gasteiger partial charge in [-0.15, -0.1) is 0 Å². The summed E-state index contributed by atoms with van der Waals surface area (Å²) in [7, 11) is 0. The van der Waals surface area contributed by atoms with E-state index < -0.39 is 23.8 Å². The van der Waals surface area contributed by atoms with Gasteiger partial charge in [0.05, 0.1) is 5.56 Å². The monoisotopic (exact) mass is 365 g/mol. The molecule has 0 radical (unpaired) electrons. The van der Waals surface area contributed by atoms with Crippen molar-refractivity contribution in [2.45, 2.75) is 25.1 Å². The molecule has 0 bridgehead atoms. The summed E-state index contributed by atoms with van der Waals surface area (Å²) in [6.07, 6.45) is -4.06. The zero-order valence-electron chi connectivity index (χ0n) is 13.4. The van der Waals surface area contributed by atoms with Gasteiger partial charge >= 0.3 is 6.18 Å².